The Kier molecular flexibility index (Phi) is 6.63. The number of nitro benzene ring substituents is 1. The van der Waals surface area contributed by atoms with E-state index < -0.39 is 46.2 Å². The number of rotatable bonds is 4. The van der Waals surface area contributed by atoms with Crippen molar-refractivity contribution in [2.24, 2.45) is 0 Å². The van der Waals surface area contributed by atoms with Gasteiger partial charge in [-0.1, -0.05) is 0 Å². The number of fused-ring (bicyclic) bond motifs is 1. The molecule has 32 heavy (non-hydrogen) atoms. The molecule has 1 aliphatic heterocycles. The van der Waals surface area contributed by atoms with Crippen LogP contribution in [0.4, 0.5) is 11.5 Å². The lowest BCUT2D eigenvalue weighted by atomic mass is 10.1. The van der Waals surface area contributed by atoms with Gasteiger partial charge >= 0.3 is 0 Å². The SMILES string of the molecule is Nc1ncnc2c1ncn2C1OC(CO)C(O)C1O.O=[N+]([O-])c1ccc(S(=O)(=O)O)cc1. The Bertz CT molecular complexity index is 1220. The van der Waals surface area contributed by atoms with Crippen LogP contribution in [0, 0.1) is 10.1 Å². The highest BCUT2D eigenvalue weighted by Gasteiger charge is 2.43. The molecule has 1 aromatic carbocycles. The van der Waals surface area contributed by atoms with Crippen LogP contribution in [0.3, 0.4) is 0 Å². The van der Waals surface area contributed by atoms with Gasteiger partial charge in [0.05, 0.1) is 22.8 Å². The maximum absolute atomic E-state index is 10.5. The van der Waals surface area contributed by atoms with Crippen molar-refractivity contribution in [1.82, 2.24) is 19.5 Å². The van der Waals surface area contributed by atoms with Crippen LogP contribution in [-0.4, -0.2) is 77.7 Å². The standard InChI is InChI=1S/C10H13N5O4.C6H5NO5S/c11-8-5-9(13-2-12-8)15(3-14-5)10-7(18)6(17)4(1-16)19-10;8-7(9)5-1-3-6(4-2-5)13(10,11)12/h2-4,6-7,10,16-18H,1H2,(H2,11,12,13);1-4H,(H,10,11,12). The van der Waals surface area contributed by atoms with E-state index in [4.69, 9.17) is 20.1 Å². The Morgan fingerprint density at radius 1 is 1.16 bits per heavy atom. The van der Waals surface area contributed by atoms with Crippen LogP contribution in [0.5, 0.6) is 0 Å². The number of nitrogen functional groups attached to an aromatic ring is 1. The molecule has 4 rings (SSSR count). The molecule has 4 unspecified atom stereocenters. The van der Waals surface area contributed by atoms with Crippen LogP contribution in [0.15, 0.2) is 41.8 Å². The Labute approximate surface area is 179 Å². The first-order chi connectivity index (χ1) is 15.0. The zero-order valence-electron chi connectivity index (χ0n) is 16.0. The molecule has 1 saturated heterocycles. The number of benzene rings is 1. The number of anilines is 1. The van der Waals surface area contributed by atoms with E-state index >= 15 is 0 Å². The molecule has 0 bridgehead atoms. The summed E-state index contributed by atoms with van der Waals surface area (Å²) >= 11 is 0. The van der Waals surface area contributed by atoms with Gasteiger partial charge < -0.3 is 25.8 Å². The van der Waals surface area contributed by atoms with Gasteiger partial charge in [-0.2, -0.15) is 8.42 Å². The second-order valence-corrected chi connectivity index (χ2v) is 7.96. The smallest absolute Gasteiger partial charge is 0.294 e. The van der Waals surface area contributed by atoms with Crippen LogP contribution in [0.25, 0.3) is 11.2 Å². The molecule has 3 aromatic rings. The first kappa shape index (κ1) is 23.4. The summed E-state index contributed by atoms with van der Waals surface area (Å²) in [7, 11) is -4.27. The van der Waals surface area contributed by atoms with E-state index in [9.17, 15) is 28.7 Å². The van der Waals surface area contributed by atoms with Crippen LogP contribution in [0.2, 0.25) is 0 Å². The average molecular weight is 470 g/mol. The van der Waals surface area contributed by atoms with Crippen molar-refractivity contribution >= 4 is 32.8 Å². The van der Waals surface area contributed by atoms with E-state index in [-0.39, 0.29) is 16.4 Å². The summed E-state index contributed by atoms with van der Waals surface area (Å²) in [6, 6.07) is 3.94. The number of hydrogen-bond donors (Lipinski definition) is 5. The van der Waals surface area contributed by atoms with Gasteiger partial charge in [0.1, 0.15) is 30.2 Å². The van der Waals surface area contributed by atoms with Crippen molar-refractivity contribution in [2.45, 2.75) is 29.4 Å². The van der Waals surface area contributed by atoms with E-state index in [0.29, 0.717) is 11.2 Å². The summed E-state index contributed by atoms with van der Waals surface area (Å²) in [6.45, 7) is -0.390. The van der Waals surface area contributed by atoms with E-state index in [0.717, 1.165) is 24.3 Å². The van der Waals surface area contributed by atoms with Crippen LogP contribution in [0.1, 0.15) is 6.23 Å². The molecule has 0 saturated carbocycles. The number of aliphatic hydroxyl groups is 3. The van der Waals surface area contributed by atoms with Crippen LogP contribution < -0.4 is 5.73 Å². The summed E-state index contributed by atoms with van der Waals surface area (Å²) in [4.78, 5) is 21.0. The zero-order valence-corrected chi connectivity index (χ0v) is 16.8. The Balaban J connectivity index is 0.000000195. The second-order valence-electron chi connectivity index (χ2n) is 6.54. The lowest BCUT2D eigenvalue weighted by molar-refractivity contribution is -0.384. The van der Waals surface area contributed by atoms with Gasteiger partial charge in [0, 0.05) is 12.1 Å². The Hall–Kier alpha value is -3.28. The normalized spacial score (nSPS) is 23.0. The fraction of sp³-hybridized carbons (Fsp3) is 0.312. The first-order valence-electron chi connectivity index (χ1n) is 8.82. The molecule has 16 heteroatoms. The number of hydrogen-bond acceptors (Lipinski definition) is 12. The van der Waals surface area contributed by atoms with Crippen molar-refractivity contribution < 1.29 is 38.0 Å². The average Bonchev–Trinajstić information content (AvgIpc) is 3.30. The van der Waals surface area contributed by atoms with Gasteiger partial charge in [-0.25, -0.2) is 15.0 Å². The van der Waals surface area contributed by atoms with Gasteiger partial charge in [-0.05, 0) is 12.1 Å². The molecular formula is C16H18N6O9S. The number of aromatic nitrogens is 4. The number of nitro groups is 1. The lowest BCUT2D eigenvalue weighted by Crippen LogP contribution is -2.33. The van der Waals surface area contributed by atoms with Crippen molar-refractivity contribution in [1.29, 1.82) is 0 Å². The maximum atomic E-state index is 10.5. The molecule has 0 radical (unpaired) electrons. The number of ether oxygens (including phenoxy) is 1. The third kappa shape index (κ3) is 4.64. The summed E-state index contributed by atoms with van der Waals surface area (Å²) < 4.78 is 36.4. The van der Waals surface area contributed by atoms with E-state index in [1.54, 1.807) is 0 Å². The predicted octanol–water partition coefficient (Wildman–Crippen LogP) is -1.14. The molecule has 0 spiro atoms. The fourth-order valence-corrected chi connectivity index (χ4v) is 3.39. The van der Waals surface area contributed by atoms with Crippen LogP contribution in [-0.2, 0) is 14.9 Å². The molecule has 4 atom stereocenters. The summed E-state index contributed by atoms with van der Waals surface area (Å²) in [5.74, 6) is 0.218. The molecule has 172 valence electrons. The minimum absolute atomic E-state index is 0.218. The van der Waals surface area contributed by atoms with E-state index in [1.807, 2.05) is 0 Å². The van der Waals surface area contributed by atoms with Crippen molar-refractivity contribution in [3.05, 3.63) is 47.0 Å². The monoisotopic (exact) mass is 470 g/mol. The highest BCUT2D eigenvalue weighted by atomic mass is 32.2. The highest BCUT2D eigenvalue weighted by Crippen LogP contribution is 2.31. The van der Waals surface area contributed by atoms with Gasteiger partial charge in [0.2, 0.25) is 0 Å². The minimum atomic E-state index is -4.27. The third-order valence-electron chi connectivity index (χ3n) is 4.52. The fourth-order valence-electron chi connectivity index (χ4n) is 2.91. The van der Waals surface area contributed by atoms with Gasteiger partial charge in [-0.15, -0.1) is 0 Å². The van der Waals surface area contributed by atoms with Crippen molar-refractivity contribution in [3.63, 3.8) is 0 Å². The number of imidazole rings is 1. The number of nitrogens with zero attached hydrogens (tertiary/aromatic N) is 5. The number of aliphatic hydroxyl groups excluding tert-OH is 3. The molecule has 1 aliphatic rings. The maximum Gasteiger partial charge on any atom is 0.294 e. The first-order valence-corrected chi connectivity index (χ1v) is 10.3. The lowest BCUT2D eigenvalue weighted by Gasteiger charge is -2.16. The van der Waals surface area contributed by atoms with Crippen LogP contribution >= 0.6 is 0 Å². The summed E-state index contributed by atoms with van der Waals surface area (Å²) in [5.41, 5.74) is 6.21. The topological polar surface area (TPSA) is 237 Å². The van der Waals surface area contributed by atoms with Gasteiger partial charge in [0.15, 0.2) is 17.7 Å². The molecule has 0 amide bonds. The molecule has 0 aliphatic carbocycles. The van der Waals surface area contributed by atoms with Crippen molar-refractivity contribution in [3.8, 4) is 0 Å². The Morgan fingerprint density at radius 2 is 1.81 bits per heavy atom. The second kappa shape index (κ2) is 9.07. The molecule has 2 aromatic heterocycles. The van der Waals surface area contributed by atoms with Gasteiger partial charge in [0.25, 0.3) is 15.8 Å². The molecule has 6 N–H and O–H groups in total. The number of non-ortho nitro benzene ring substituents is 1. The minimum Gasteiger partial charge on any atom is -0.394 e. The van der Waals surface area contributed by atoms with Gasteiger partial charge in [-0.3, -0.25) is 19.2 Å². The third-order valence-corrected chi connectivity index (χ3v) is 5.39. The largest absolute Gasteiger partial charge is 0.394 e. The molecule has 3 heterocycles. The molecule has 1 fully saturated rings. The zero-order chi connectivity index (χ0) is 23.6. The quantitative estimate of drug-likeness (QED) is 0.172. The molecule has 15 nitrogen and oxygen atoms in total. The predicted molar refractivity (Wildman–Crippen MR) is 106 cm³/mol. The number of nitrogens with two attached hydrogens (primary N) is 1. The van der Waals surface area contributed by atoms with Crippen molar-refractivity contribution in [2.75, 3.05) is 12.3 Å². The van der Waals surface area contributed by atoms with E-state index in [2.05, 4.69) is 15.0 Å². The van der Waals surface area contributed by atoms with E-state index in [1.165, 1.54) is 17.2 Å². The highest BCUT2D eigenvalue weighted by molar-refractivity contribution is 7.85. The summed E-state index contributed by atoms with van der Waals surface area (Å²) in [6.07, 6.45) is -1.42. The molecular weight excluding hydrogens is 452 g/mol. The summed E-state index contributed by atoms with van der Waals surface area (Å²) in [5, 5.41) is 38.9. The Morgan fingerprint density at radius 3 is 2.34 bits per heavy atom.